The van der Waals surface area contributed by atoms with Crippen molar-refractivity contribution in [1.29, 1.82) is 0 Å². The van der Waals surface area contributed by atoms with Crippen molar-refractivity contribution in [1.82, 2.24) is 14.8 Å². The van der Waals surface area contributed by atoms with E-state index < -0.39 is 0 Å². The van der Waals surface area contributed by atoms with Crippen LogP contribution in [0.4, 0.5) is 5.69 Å². The maximum Gasteiger partial charge on any atom is 0.228 e. The van der Waals surface area contributed by atoms with Gasteiger partial charge in [0.25, 0.3) is 0 Å². The molecule has 2 aromatic heterocycles. The molecule has 1 aromatic carbocycles. The lowest BCUT2D eigenvalue weighted by atomic mass is 10.0. The highest BCUT2D eigenvalue weighted by molar-refractivity contribution is 7.14. The number of carbonyl (C=O) groups is 1. The summed E-state index contributed by atoms with van der Waals surface area (Å²) in [5, 5.41) is 5.03. The van der Waals surface area contributed by atoms with Crippen molar-refractivity contribution in [3.8, 4) is 10.4 Å². The molecule has 0 bridgehead atoms. The van der Waals surface area contributed by atoms with Crippen LogP contribution in [0, 0.1) is 0 Å². The molecule has 0 radical (unpaired) electrons. The zero-order valence-corrected chi connectivity index (χ0v) is 19.6. The molecule has 0 saturated carbocycles. The van der Waals surface area contributed by atoms with Crippen molar-refractivity contribution in [2.24, 2.45) is 0 Å². The van der Waals surface area contributed by atoms with Crippen LogP contribution in [0.3, 0.4) is 0 Å². The first-order valence-electron chi connectivity index (χ1n) is 11.4. The number of thiophene rings is 1. The number of carbonyl (C=O) groups excluding carboxylic acids is 1. The summed E-state index contributed by atoms with van der Waals surface area (Å²) in [4.78, 5) is 22.7. The van der Waals surface area contributed by atoms with Crippen LogP contribution in [0.1, 0.15) is 24.0 Å². The first kappa shape index (κ1) is 22.6. The Morgan fingerprint density at radius 1 is 1.03 bits per heavy atom. The van der Waals surface area contributed by atoms with Crippen LogP contribution in [-0.4, -0.2) is 60.5 Å². The molecule has 0 unspecified atom stereocenters. The Morgan fingerprint density at radius 2 is 1.81 bits per heavy atom. The van der Waals surface area contributed by atoms with E-state index in [0.717, 1.165) is 28.1 Å². The Hall–Kier alpha value is -2.54. The maximum atomic E-state index is 12.6. The van der Waals surface area contributed by atoms with E-state index in [9.17, 15) is 4.79 Å². The molecule has 168 valence electrons. The van der Waals surface area contributed by atoms with Gasteiger partial charge in [-0.1, -0.05) is 24.3 Å². The number of hydrogen-bond donors (Lipinski definition) is 1. The van der Waals surface area contributed by atoms with Gasteiger partial charge in [-0.2, -0.15) is 0 Å². The average molecular weight is 449 g/mol. The number of aromatic nitrogens is 1. The second-order valence-electron chi connectivity index (χ2n) is 8.58. The van der Waals surface area contributed by atoms with Crippen LogP contribution in [0.5, 0.6) is 0 Å². The van der Waals surface area contributed by atoms with Gasteiger partial charge < -0.3 is 15.1 Å². The van der Waals surface area contributed by atoms with Crippen molar-refractivity contribution in [2.45, 2.75) is 25.7 Å². The van der Waals surface area contributed by atoms with Gasteiger partial charge >= 0.3 is 0 Å². The number of likely N-dealkylation sites (N-methyl/N-ethyl adjacent to an activating group) is 1. The Labute approximate surface area is 195 Å². The zero-order chi connectivity index (χ0) is 22.2. The molecule has 1 aliphatic rings. The Morgan fingerprint density at radius 3 is 2.62 bits per heavy atom. The lowest BCUT2D eigenvalue weighted by Gasteiger charge is -2.32. The quantitative estimate of drug-likeness (QED) is 0.488. The lowest BCUT2D eigenvalue weighted by molar-refractivity contribution is -0.115. The second kappa shape index (κ2) is 11.4. The fourth-order valence-corrected chi connectivity index (χ4v) is 4.94. The van der Waals surface area contributed by atoms with E-state index in [-0.39, 0.29) is 5.91 Å². The summed E-state index contributed by atoms with van der Waals surface area (Å²) in [5.74, 6) is 0.0243. The smallest absolute Gasteiger partial charge is 0.228 e. The largest absolute Gasteiger partial charge is 0.325 e. The lowest BCUT2D eigenvalue weighted by Crippen LogP contribution is -2.44. The van der Waals surface area contributed by atoms with Crippen molar-refractivity contribution >= 4 is 22.9 Å². The van der Waals surface area contributed by atoms with Gasteiger partial charge in [0.1, 0.15) is 0 Å². The van der Waals surface area contributed by atoms with Crippen molar-refractivity contribution in [3.63, 3.8) is 0 Å². The van der Waals surface area contributed by atoms with Crippen LogP contribution in [0.15, 0.2) is 60.2 Å². The molecular weight excluding hydrogens is 416 g/mol. The van der Waals surface area contributed by atoms with E-state index in [1.165, 1.54) is 51.1 Å². The van der Waals surface area contributed by atoms with Crippen molar-refractivity contribution in [2.75, 3.05) is 45.1 Å². The number of benzene rings is 1. The summed E-state index contributed by atoms with van der Waals surface area (Å²) < 4.78 is 0. The molecule has 6 heteroatoms. The van der Waals surface area contributed by atoms with Gasteiger partial charge in [-0.05, 0) is 67.7 Å². The molecule has 0 atom stereocenters. The van der Waals surface area contributed by atoms with Crippen LogP contribution >= 0.6 is 11.3 Å². The Kier molecular flexibility index (Phi) is 8.04. The molecule has 3 heterocycles. The monoisotopic (exact) mass is 448 g/mol. The first-order valence-corrected chi connectivity index (χ1v) is 12.3. The summed E-state index contributed by atoms with van der Waals surface area (Å²) in [5.41, 5.74) is 4.37. The minimum absolute atomic E-state index is 0.0243. The van der Waals surface area contributed by atoms with Crippen molar-refractivity contribution < 1.29 is 4.79 Å². The Balaban J connectivity index is 1.22. The minimum atomic E-state index is 0.0243. The number of pyridine rings is 1. The number of piperazine rings is 1. The molecular formula is C26H32N4OS. The number of nitrogens with zero attached hydrogens (tertiary/aromatic N) is 3. The number of rotatable bonds is 9. The van der Waals surface area contributed by atoms with Crippen LogP contribution in [0.2, 0.25) is 0 Å². The number of anilines is 1. The minimum Gasteiger partial charge on any atom is -0.325 e. The van der Waals surface area contributed by atoms with Gasteiger partial charge in [0, 0.05) is 48.8 Å². The van der Waals surface area contributed by atoms with Crippen molar-refractivity contribution in [3.05, 3.63) is 71.4 Å². The summed E-state index contributed by atoms with van der Waals surface area (Å²) in [7, 11) is 2.20. The standard InChI is InChI=1S/C26H32N4OS/c1-29-13-15-30(16-14-29)12-3-2-5-21-6-4-7-22(17-21)18-26(31)28-24-19-25(32-20-24)23-8-10-27-11-9-23/h4,6-11,17,19-20H,2-3,5,12-16,18H2,1H3,(H,28,31). The molecule has 1 N–H and O–H groups in total. The first-order chi connectivity index (χ1) is 15.7. The van der Waals surface area contributed by atoms with Crippen LogP contribution < -0.4 is 5.32 Å². The van der Waals surface area contributed by atoms with Crippen LogP contribution in [0.25, 0.3) is 10.4 Å². The molecule has 3 aromatic rings. The predicted molar refractivity (Wildman–Crippen MR) is 133 cm³/mol. The highest BCUT2D eigenvalue weighted by Gasteiger charge is 2.13. The molecule has 4 rings (SSSR count). The third-order valence-electron chi connectivity index (χ3n) is 5.99. The fraction of sp³-hybridized carbons (Fsp3) is 0.385. The predicted octanol–water partition coefficient (Wildman–Crippen LogP) is 4.56. The molecule has 5 nitrogen and oxygen atoms in total. The van der Waals surface area contributed by atoms with Gasteiger partial charge in [0.2, 0.25) is 5.91 Å². The number of nitrogens with one attached hydrogen (secondary N) is 1. The molecule has 1 aliphatic heterocycles. The number of aryl methyl sites for hydroxylation is 1. The van der Waals surface area contributed by atoms with Gasteiger partial charge in [0.15, 0.2) is 0 Å². The average Bonchev–Trinajstić information content (AvgIpc) is 3.27. The molecule has 1 amide bonds. The summed E-state index contributed by atoms with van der Waals surface area (Å²) in [6.45, 7) is 5.93. The van der Waals surface area contributed by atoms with E-state index >= 15 is 0 Å². The zero-order valence-electron chi connectivity index (χ0n) is 18.8. The molecule has 32 heavy (non-hydrogen) atoms. The highest BCUT2D eigenvalue weighted by Crippen LogP contribution is 2.29. The fourth-order valence-electron chi connectivity index (χ4n) is 4.09. The topological polar surface area (TPSA) is 48.5 Å². The SMILES string of the molecule is CN1CCN(CCCCc2cccc(CC(=O)Nc3csc(-c4ccncc4)c3)c2)CC1. The highest BCUT2D eigenvalue weighted by atomic mass is 32.1. The van der Waals surface area contributed by atoms with E-state index in [0.29, 0.717) is 6.42 Å². The van der Waals surface area contributed by atoms with Gasteiger partial charge in [-0.15, -0.1) is 11.3 Å². The third-order valence-corrected chi connectivity index (χ3v) is 6.97. The van der Waals surface area contributed by atoms with E-state index in [1.807, 2.05) is 29.6 Å². The van der Waals surface area contributed by atoms with E-state index in [4.69, 9.17) is 0 Å². The summed E-state index contributed by atoms with van der Waals surface area (Å²) in [6.07, 6.45) is 7.46. The van der Waals surface area contributed by atoms with E-state index in [2.05, 4.69) is 45.3 Å². The third kappa shape index (κ3) is 6.73. The molecule has 0 aliphatic carbocycles. The summed E-state index contributed by atoms with van der Waals surface area (Å²) in [6, 6.07) is 14.5. The number of hydrogen-bond acceptors (Lipinski definition) is 5. The summed E-state index contributed by atoms with van der Waals surface area (Å²) >= 11 is 1.63. The maximum absolute atomic E-state index is 12.6. The Bertz CT molecular complexity index is 996. The second-order valence-corrected chi connectivity index (χ2v) is 9.49. The van der Waals surface area contributed by atoms with Gasteiger partial charge in [-0.3, -0.25) is 9.78 Å². The van der Waals surface area contributed by atoms with E-state index in [1.54, 1.807) is 23.7 Å². The van der Waals surface area contributed by atoms with Crippen LogP contribution in [-0.2, 0) is 17.6 Å². The molecule has 0 spiro atoms. The molecule has 1 saturated heterocycles. The molecule has 1 fully saturated rings. The number of amides is 1. The van der Waals surface area contributed by atoms with Gasteiger partial charge in [-0.25, -0.2) is 0 Å². The normalized spacial score (nSPS) is 15.0. The number of unbranched alkanes of at least 4 members (excludes halogenated alkanes) is 1. The van der Waals surface area contributed by atoms with Gasteiger partial charge in [0.05, 0.1) is 12.1 Å².